The van der Waals surface area contributed by atoms with Crippen LogP contribution in [0.5, 0.6) is 0 Å². The van der Waals surface area contributed by atoms with Crippen molar-refractivity contribution in [2.24, 2.45) is 0 Å². The third-order valence-corrected chi connectivity index (χ3v) is 0.586. The molecule has 1 rings (SSSR count). The van der Waals surface area contributed by atoms with Gasteiger partial charge in [0.25, 0.3) is 0 Å². The van der Waals surface area contributed by atoms with Crippen molar-refractivity contribution in [3.63, 3.8) is 0 Å². The van der Waals surface area contributed by atoms with Gasteiger partial charge >= 0.3 is 40.5 Å². The van der Waals surface area contributed by atoms with Crippen LogP contribution < -0.4 is 0 Å². The van der Waals surface area contributed by atoms with Crippen molar-refractivity contribution in [2.45, 2.75) is 6.42 Å². The molecule has 0 nitrogen and oxygen atoms in total. The van der Waals surface area contributed by atoms with E-state index in [1.54, 1.807) is 0 Å². The van der Waals surface area contributed by atoms with Gasteiger partial charge in [0.15, 0.2) is 0 Å². The maximum absolute atomic E-state index is 3.13. The molecule has 0 heterocycles. The summed E-state index contributed by atoms with van der Waals surface area (Å²) >= 11 is 6.72. The van der Waals surface area contributed by atoms with Gasteiger partial charge in [0.05, 0.1) is 0 Å². The molecule has 1 aliphatic carbocycles. The topological polar surface area (TPSA) is 0 Å². The van der Waals surface area contributed by atoms with Crippen LogP contribution in [0.3, 0.4) is 0 Å². The van der Waals surface area contributed by atoms with Crippen LogP contribution in [-0.2, 0) is 13.2 Å². The molecular formula is C6H8Br2Rh-2. The van der Waals surface area contributed by atoms with Crippen molar-refractivity contribution in [3.8, 4) is 0 Å². The van der Waals surface area contributed by atoms with Gasteiger partial charge in [0.1, 0.15) is 0 Å². The van der Waals surface area contributed by atoms with Crippen LogP contribution in [0.25, 0.3) is 0 Å². The third-order valence-electron chi connectivity index (χ3n) is 0.586. The van der Waals surface area contributed by atoms with Gasteiger partial charge in [-0.3, -0.25) is 6.08 Å². The van der Waals surface area contributed by atoms with E-state index in [0.717, 1.165) is 6.42 Å². The molecule has 1 aliphatic rings. The number of allylic oxidation sites excluding steroid dienone is 4. The standard InChI is InChI=1S/C5H5.CH3.2BrH.Rh/c1-2-4-5-3-1;;;;/h1-3H,4H2;1H3;2*1H;/q2*-1;;;+2/p-2. The van der Waals surface area contributed by atoms with Crippen molar-refractivity contribution < 1.29 is 13.2 Å². The molecule has 0 radical (unpaired) electrons. The summed E-state index contributed by atoms with van der Waals surface area (Å²) in [6, 6.07) is 0. The normalized spacial score (nSPS) is 12.2. The summed E-state index contributed by atoms with van der Waals surface area (Å²) in [5, 5.41) is 0. The molecule has 0 unspecified atom stereocenters. The molecule has 0 saturated heterocycles. The summed E-state index contributed by atoms with van der Waals surface area (Å²) in [4.78, 5) is 0. The summed E-state index contributed by atoms with van der Waals surface area (Å²) in [6.07, 6.45) is 10.0. The summed E-state index contributed by atoms with van der Waals surface area (Å²) in [6.45, 7) is 0. The van der Waals surface area contributed by atoms with Crippen molar-refractivity contribution in [1.29, 1.82) is 0 Å². The fraction of sp³-hybridized carbons (Fsp3) is 0.167. The van der Waals surface area contributed by atoms with Crippen LogP contribution in [-0.4, -0.2) is 0 Å². The Bertz CT molecular complexity index is 79.1. The molecule has 0 fully saturated rings. The maximum atomic E-state index is 3.13. The molecule has 9 heavy (non-hydrogen) atoms. The Kier molecular flexibility index (Phi) is 16.7. The smallest absolute Gasteiger partial charge is 0.109 e. The van der Waals surface area contributed by atoms with Crippen LogP contribution in [0, 0.1) is 13.5 Å². The van der Waals surface area contributed by atoms with E-state index in [1.165, 1.54) is 0 Å². The minimum atomic E-state index is 0. The van der Waals surface area contributed by atoms with E-state index >= 15 is 0 Å². The van der Waals surface area contributed by atoms with Crippen LogP contribution in [0.15, 0.2) is 18.2 Å². The first-order chi connectivity index (χ1) is 3.91. The SMILES string of the molecule is [Br][Rh][Br].[C-]1=CC=CC1.[CH3-]. The molecule has 0 amide bonds. The Morgan fingerprint density at radius 1 is 1.44 bits per heavy atom. The zero-order valence-corrected chi connectivity index (χ0v) is 9.84. The van der Waals surface area contributed by atoms with E-state index in [9.17, 15) is 0 Å². The van der Waals surface area contributed by atoms with Crippen LogP contribution in [0.2, 0.25) is 0 Å². The van der Waals surface area contributed by atoms with Crippen molar-refractivity contribution >= 4 is 27.2 Å². The van der Waals surface area contributed by atoms with Gasteiger partial charge < -0.3 is 7.43 Å². The van der Waals surface area contributed by atoms with Crippen LogP contribution in [0.4, 0.5) is 0 Å². The van der Waals surface area contributed by atoms with E-state index in [0.29, 0.717) is 13.2 Å². The summed E-state index contributed by atoms with van der Waals surface area (Å²) in [5.74, 6) is 0. The number of hydrogen-bond donors (Lipinski definition) is 0. The van der Waals surface area contributed by atoms with Crippen molar-refractivity contribution in [2.75, 3.05) is 0 Å². The number of rotatable bonds is 0. The maximum Gasteiger partial charge on any atom is -0.109 e. The predicted octanol–water partition coefficient (Wildman–Crippen LogP) is 3.44. The van der Waals surface area contributed by atoms with Crippen LogP contribution in [0.1, 0.15) is 6.42 Å². The second-order valence-corrected chi connectivity index (χ2v) is 8.61. The molecule has 0 aliphatic heterocycles. The first-order valence-electron chi connectivity index (χ1n) is 1.97. The van der Waals surface area contributed by atoms with Crippen molar-refractivity contribution in [1.82, 2.24) is 0 Å². The molecule has 0 spiro atoms. The molecule has 0 atom stereocenters. The van der Waals surface area contributed by atoms with E-state index in [2.05, 4.69) is 39.4 Å². The molecular weight excluding hydrogens is 335 g/mol. The molecule has 0 saturated carbocycles. The summed E-state index contributed by atoms with van der Waals surface area (Å²) in [5.41, 5.74) is 0. The van der Waals surface area contributed by atoms with Gasteiger partial charge in [-0.1, -0.05) is 0 Å². The quantitative estimate of drug-likeness (QED) is 0.467. The van der Waals surface area contributed by atoms with Gasteiger partial charge in [0, 0.05) is 0 Å². The second-order valence-electron chi connectivity index (χ2n) is 1.05. The van der Waals surface area contributed by atoms with Crippen molar-refractivity contribution in [3.05, 3.63) is 31.7 Å². The molecule has 0 aromatic heterocycles. The Hall–Kier alpha value is 1.06. The van der Waals surface area contributed by atoms with E-state index in [4.69, 9.17) is 0 Å². The van der Waals surface area contributed by atoms with Gasteiger partial charge in [-0.15, -0.1) is 6.42 Å². The largest absolute Gasteiger partial charge is 0.358 e. The average molecular weight is 343 g/mol. The first kappa shape index (κ1) is 12.7. The molecule has 0 bridgehead atoms. The minimum absolute atomic E-state index is 0. The zero-order chi connectivity index (χ0) is 6.24. The average Bonchev–Trinajstić information content (AvgIpc) is 2.17. The molecule has 0 aromatic rings. The predicted molar refractivity (Wildman–Crippen MR) is 45.8 cm³/mol. The summed E-state index contributed by atoms with van der Waals surface area (Å²) < 4.78 is 0. The zero-order valence-electron chi connectivity index (χ0n) is 5.03. The fourth-order valence-electron chi connectivity index (χ4n) is 0.340. The molecule has 3 heteroatoms. The summed E-state index contributed by atoms with van der Waals surface area (Å²) in [7, 11) is 0. The Balaban J connectivity index is 0. The van der Waals surface area contributed by atoms with E-state index in [-0.39, 0.29) is 7.43 Å². The van der Waals surface area contributed by atoms with Crippen LogP contribution >= 0.6 is 27.2 Å². The second kappa shape index (κ2) is 11.8. The Morgan fingerprint density at radius 3 is 2.11 bits per heavy atom. The van der Waals surface area contributed by atoms with E-state index in [1.807, 2.05) is 12.2 Å². The molecule has 0 aromatic carbocycles. The number of halogens is 2. The first-order valence-corrected chi connectivity index (χ1v) is 9.46. The van der Waals surface area contributed by atoms with Gasteiger partial charge in [-0.2, -0.15) is 6.08 Å². The van der Waals surface area contributed by atoms with E-state index < -0.39 is 0 Å². The third kappa shape index (κ3) is 12.3. The fourth-order valence-corrected chi connectivity index (χ4v) is 0.340. The Labute approximate surface area is 78.1 Å². The Morgan fingerprint density at radius 2 is 2.00 bits per heavy atom. The minimum Gasteiger partial charge on any atom is -0.358 e. The number of hydrogen-bond acceptors (Lipinski definition) is 0. The monoisotopic (exact) mass is 341 g/mol. The van der Waals surface area contributed by atoms with Gasteiger partial charge in [-0.05, 0) is 0 Å². The van der Waals surface area contributed by atoms with Gasteiger partial charge in [-0.25, -0.2) is 12.2 Å². The van der Waals surface area contributed by atoms with Gasteiger partial charge in [0.2, 0.25) is 0 Å². The molecule has 57 valence electrons. The molecule has 0 N–H and O–H groups in total.